The Morgan fingerprint density at radius 3 is 2.42 bits per heavy atom. The van der Waals surface area contributed by atoms with Crippen molar-refractivity contribution in [3.63, 3.8) is 0 Å². The summed E-state index contributed by atoms with van der Waals surface area (Å²) in [5.41, 5.74) is 0.634. The topological polar surface area (TPSA) is 29.1 Å². The van der Waals surface area contributed by atoms with Gasteiger partial charge in [-0.2, -0.15) is 0 Å². The molecule has 0 atom stereocenters. The van der Waals surface area contributed by atoms with E-state index < -0.39 is 0 Å². The van der Waals surface area contributed by atoms with Gasteiger partial charge in [0.25, 0.3) is 0 Å². The van der Waals surface area contributed by atoms with E-state index in [-0.39, 0.29) is 11.3 Å². The monoisotopic (exact) mass is 368 g/mol. The van der Waals surface area contributed by atoms with Gasteiger partial charge < -0.3 is 5.32 Å². The molecule has 1 radical (unpaired) electrons. The maximum absolute atomic E-state index is 13.2. The summed E-state index contributed by atoms with van der Waals surface area (Å²) in [4.78, 5) is 13.2. The fourth-order valence-corrected chi connectivity index (χ4v) is 4.94. The zero-order chi connectivity index (χ0) is 17.0. The van der Waals surface area contributed by atoms with Gasteiger partial charge in [0.2, 0.25) is 5.91 Å². The van der Waals surface area contributed by atoms with Gasteiger partial charge in [-0.15, -0.1) is 0 Å². The number of carbonyl (C=O) groups excluding carboxylic acids is 1. The smallest absolute Gasteiger partial charge is 0.230 e. The van der Waals surface area contributed by atoms with E-state index in [9.17, 15) is 4.79 Å². The van der Waals surface area contributed by atoms with Crippen molar-refractivity contribution in [2.45, 2.75) is 77.0 Å². The molecule has 2 fully saturated rings. The highest BCUT2D eigenvalue weighted by Crippen LogP contribution is 2.45. The number of carbonyl (C=O) groups is 1. The van der Waals surface area contributed by atoms with Crippen molar-refractivity contribution in [2.24, 2.45) is 11.3 Å². The van der Waals surface area contributed by atoms with E-state index in [0.717, 1.165) is 30.9 Å². The van der Waals surface area contributed by atoms with Gasteiger partial charge in [-0.05, 0) is 37.7 Å². The molecule has 0 saturated heterocycles. The van der Waals surface area contributed by atoms with E-state index >= 15 is 0 Å². The molecule has 0 aromatic carbocycles. The van der Waals surface area contributed by atoms with E-state index in [4.69, 9.17) is 23.2 Å². The van der Waals surface area contributed by atoms with Crippen LogP contribution in [0.1, 0.15) is 77.0 Å². The minimum atomic E-state index is -0.174. The number of hydrogen-bond acceptors (Lipinski definition) is 1. The predicted octanol–water partition coefficient (Wildman–Crippen LogP) is 6.20. The summed E-state index contributed by atoms with van der Waals surface area (Å²) in [5.74, 6) is 0.933. The van der Waals surface area contributed by atoms with E-state index in [1.54, 1.807) is 6.08 Å². The molecule has 0 aromatic heterocycles. The lowest BCUT2D eigenvalue weighted by atomic mass is 9.66. The summed E-state index contributed by atoms with van der Waals surface area (Å²) >= 11 is 12.2. The SMILES string of the molecule is O=C(NC1=CC(Cl)=C(Cl)C[CH]1)C1(CC2CCCCC2)CCCCC1. The highest BCUT2D eigenvalue weighted by Gasteiger charge is 2.41. The Kier molecular flexibility index (Phi) is 6.32. The zero-order valence-corrected chi connectivity index (χ0v) is 15.9. The molecule has 2 nitrogen and oxygen atoms in total. The summed E-state index contributed by atoms with van der Waals surface area (Å²) in [6.07, 6.45) is 17.7. The number of rotatable bonds is 4. The Labute approximate surface area is 156 Å². The number of nitrogens with one attached hydrogen (secondary N) is 1. The van der Waals surface area contributed by atoms with Gasteiger partial charge in [-0.25, -0.2) is 0 Å². The molecule has 1 N–H and O–H groups in total. The quantitative estimate of drug-likeness (QED) is 0.628. The highest BCUT2D eigenvalue weighted by atomic mass is 35.5. The third-order valence-electron chi connectivity index (χ3n) is 6.00. The molecule has 4 heteroatoms. The Morgan fingerprint density at radius 1 is 1.08 bits per heavy atom. The van der Waals surface area contributed by atoms with Gasteiger partial charge in [-0.3, -0.25) is 4.79 Å². The van der Waals surface area contributed by atoms with Crippen LogP contribution in [0, 0.1) is 17.8 Å². The first-order valence-electron chi connectivity index (χ1n) is 9.50. The number of amides is 1. The molecule has 24 heavy (non-hydrogen) atoms. The van der Waals surface area contributed by atoms with Crippen LogP contribution in [0.2, 0.25) is 0 Å². The summed E-state index contributed by atoms with van der Waals surface area (Å²) in [6.45, 7) is 0. The third-order valence-corrected chi connectivity index (χ3v) is 6.79. The summed E-state index contributed by atoms with van der Waals surface area (Å²) in [5, 5.41) is 4.34. The summed E-state index contributed by atoms with van der Waals surface area (Å²) in [7, 11) is 0. The van der Waals surface area contributed by atoms with Gasteiger partial charge >= 0.3 is 0 Å². The second-order valence-electron chi connectivity index (χ2n) is 7.76. The number of halogens is 2. The molecule has 3 aliphatic carbocycles. The number of allylic oxidation sites excluding steroid dienone is 4. The molecule has 3 aliphatic rings. The van der Waals surface area contributed by atoms with Crippen LogP contribution in [0.25, 0.3) is 0 Å². The lowest BCUT2D eigenvalue weighted by molar-refractivity contribution is -0.133. The van der Waals surface area contributed by atoms with E-state index in [1.165, 1.54) is 51.4 Å². The fourth-order valence-electron chi connectivity index (χ4n) is 4.62. The standard InChI is InChI=1S/C20H28Cl2NO/c21-17-10-9-16(13-18(17)22)23-19(24)20(11-5-2-6-12-20)14-15-7-3-1-4-8-15/h9,13,15H,1-8,10-12,14H2,(H,23,24). The van der Waals surface area contributed by atoms with Gasteiger partial charge in [-0.1, -0.05) is 74.6 Å². The molecule has 133 valence electrons. The maximum atomic E-state index is 13.2. The van der Waals surface area contributed by atoms with Gasteiger partial charge in [0.1, 0.15) is 0 Å². The Bertz CT molecular complexity index is 526. The largest absolute Gasteiger partial charge is 0.329 e. The molecule has 0 aliphatic heterocycles. The van der Waals surface area contributed by atoms with Crippen molar-refractivity contribution >= 4 is 29.1 Å². The Balaban J connectivity index is 1.70. The molecule has 3 rings (SSSR count). The molecular weight excluding hydrogens is 341 g/mol. The molecule has 2 saturated carbocycles. The average Bonchev–Trinajstić information content (AvgIpc) is 2.60. The first kappa shape index (κ1) is 18.3. The van der Waals surface area contributed by atoms with E-state index in [0.29, 0.717) is 16.5 Å². The van der Waals surface area contributed by atoms with Crippen molar-refractivity contribution in [3.8, 4) is 0 Å². The third kappa shape index (κ3) is 4.38. The van der Waals surface area contributed by atoms with Crippen molar-refractivity contribution in [3.05, 3.63) is 28.3 Å². The molecule has 0 spiro atoms. The Hall–Kier alpha value is -0.470. The summed E-state index contributed by atoms with van der Waals surface area (Å²) in [6, 6.07) is 0. The van der Waals surface area contributed by atoms with Crippen molar-refractivity contribution in [1.29, 1.82) is 0 Å². The molecular formula is C20H28Cl2NO. The van der Waals surface area contributed by atoms with Crippen molar-refractivity contribution in [1.82, 2.24) is 5.32 Å². The molecule has 0 bridgehead atoms. The van der Waals surface area contributed by atoms with Gasteiger partial charge in [0, 0.05) is 22.6 Å². The molecule has 0 heterocycles. The maximum Gasteiger partial charge on any atom is 0.230 e. The normalized spacial score (nSPS) is 25.3. The Morgan fingerprint density at radius 2 is 1.75 bits per heavy atom. The fraction of sp³-hybridized carbons (Fsp3) is 0.700. The molecule has 1 amide bonds. The van der Waals surface area contributed by atoms with Crippen LogP contribution >= 0.6 is 23.2 Å². The van der Waals surface area contributed by atoms with Crippen LogP contribution in [0.4, 0.5) is 0 Å². The van der Waals surface area contributed by atoms with E-state index in [2.05, 4.69) is 5.32 Å². The first-order valence-corrected chi connectivity index (χ1v) is 10.3. The highest BCUT2D eigenvalue weighted by molar-refractivity contribution is 6.40. The second-order valence-corrected chi connectivity index (χ2v) is 8.63. The van der Waals surface area contributed by atoms with Crippen LogP contribution in [0.15, 0.2) is 21.8 Å². The lowest BCUT2D eigenvalue weighted by Crippen LogP contribution is -2.43. The van der Waals surface area contributed by atoms with Crippen LogP contribution in [0.5, 0.6) is 0 Å². The molecule has 0 aromatic rings. The second kappa shape index (κ2) is 8.27. The molecule has 0 unspecified atom stereocenters. The van der Waals surface area contributed by atoms with Gasteiger partial charge in [0.05, 0.1) is 5.03 Å². The average molecular weight is 369 g/mol. The van der Waals surface area contributed by atoms with Crippen LogP contribution in [-0.2, 0) is 4.79 Å². The van der Waals surface area contributed by atoms with Crippen molar-refractivity contribution < 1.29 is 4.79 Å². The zero-order valence-electron chi connectivity index (χ0n) is 14.4. The van der Waals surface area contributed by atoms with Crippen LogP contribution < -0.4 is 5.32 Å². The van der Waals surface area contributed by atoms with Crippen LogP contribution in [-0.4, -0.2) is 5.91 Å². The predicted molar refractivity (Wildman–Crippen MR) is 101 cm³/mol. The lowest BCUT2D eigenvalue weighted by Gasteiger charge is -2.39. The van der Waals surface area contributed by atoms with E-state index in [1.807, 2.05) is 6.42 Å². The van der Waals surface area contributed by atoms with Gasteiger partial charge in [0.15, 0.2) is 0 Å². The van der Waals surface area contributed by atoms with Crippen molar-refractivity contribution in [2.75, 3.05) is 0 Å². The van der Waals surface area contributed by atoms with Crippen LogP contribution in [0.3, 0.4) is 0 Å². The summed E-state index contributed by atoms with van der Waals surface area (Å²) < 4.78 is 0. The number of hydrogen-bond donors (Lipinski definition) is 1. The minimum absolute atomic E-state index is 0.174. The minimum Gasteiger partial charge on any atom is -0.329 e. The first-order chi connectivity index (χ1) is 11.6.